The van der Waals surface area contributed by atoms with Gasteiger partial charge in [0, 0.05) is 23.6 Å². The summed E-state index contributed by atoms with van der Waals surface area (Å²) in [6.45, 7) is 2.70. The van der Waals surface area contributed by atoms with Crippen LogP contribution in [-0.4, -0.2) is 24.0 Å². The van der Waals surface area contributed by atoms with E-state index in [-0.39, 0.29) is 5.78 Å². The normalized spacial score (nSPS) is 13.6. The second-order valence-electron chi connectivity index (χ2n) is 4.37. The molecule has 0 saturated carbocycles. The number of carbonyl (C=O) groups excluding carboxylic acids is 1. The molecule has 1 aromatic heterocycles. The molecule has 1 aliphatic rings. The number of nitrogens with zero attached hydrogens (tertiary/aromatic N) is 1. The van der Waals surface area contributed by atoms with Crippen LogP contribution in [0, 0.1) is 0 Å². The summed E-state index contributed by atoms with van der Waals surface area (Å²) in [6.07, 6.45) is 0.365. The monoisotopic (exact) mass is 243 g/mol. The maximum absolute atomic E-state index is 11.1. The number of hydrogen-bond acceptors (Lipinski definition) is 4. The molecule has 0 spiro atoms. The highest BCUT2D eigenvalue weighted by Crippen LogP contribution is 2.33. The Morgan fingerprint density at radius 1 is 1.22 bits per heavy atom. The van der Waals surface area contributed by atoms with Crippen LogP contribution in [-0.2, 0) is 11.2 Å². The predicted molar refractivity (Wildman–Crippen MR) is 67.1 cm³/mol. The molecule has 0 amide bonds. The highest BCUT2D eigenvalue weighted by atomic mass is 16.6. The Kier molecular flexibility index (Phi) is 2.63. The second kappa shape index (κ2) is 4.29. The number of benzene rings is 1. The Labute approximate surface area is 105 Å². The summed E-state index contributed by atoms with van der Waals surface area (Å²) in [5.41, 5.74) is 1.62. The van der Waals surface area contributed by atoms with Gasteiger partial charge < -0.3 is 9.47 Å². The molecule has 0 radical (unpaired) electrons. The average molecular weight is 243 g/mol. The Bertz CT molecular complexity index is 622. The van der Waals surface area contributed by atoms with Crippen molar-refractivity contribution in [3.05, 3.63) is 30.0 Å². The van der Waals surface area contributed by atoms with Crippen molar-refractivity contribution >= 4 is 16.7 Å². The van der Waals surface area contributed by atoms with Crippen molar-refractivity contribution in [2.24, 2.45) is 0 Å². The van der Waals surface area contributed by atoms with Crippen LogP contribution in [0.15, 0.2) is 24.3 Å². The number of Topliss-reactive ketones (excluding diaryl/α,β-unsaturated/α-hetero) is 1. The summed E-state index contributed by atoms with van der Waals surface area (Å²) in [7, 11) is 0. The van der Waals surface area contributed by atoms with Gasteiger partial charge in [0.25, 0.3) is 0 Å². The van der Waals surface area contributed by atoms with E-state index >= 15 is 0 Å². The van der Waals surface area contributed by atoms with Crippen molar-refractivity contribution in [3.63, 3.8) is 0 Å². The van der Waals surface area contributed by atoms with E-state index in [9.17, 15) is 4.79 Å². The van der Waals surface area contributed by atoms with Gasteiger partial charge in [-0.05, 0) is 19.1 Å². The zero-order valence-corrected chi connectivity index (χ0v) is 10.1. The summed E-state index contributed by atoms with van der Waals surface area (Å²) in [6, 6.07) is 7.63. The number of ether oxygens (including phenoxy) is 2. The fourth-order valence-electron chi connectivity index (χ4n) is 2.06. The van der Waals surface area contributed by atoms with Crippen molar-refractivity contribution in [1.82, 2.24) is 4.98 Å². The van der Waals surface area contributed by atoms with Crippen LogP contribution >= 0.6 is 0 Å². The predicted octanol–water partition coefficient (Wildman–Crippen LogP) is 2.14. The Morgan fingerprint density at radius 2 is 1.94 bits per heavy atom. The molecule has 0 fully saturated rings. The molecule has 18 heavy (non-hydrogen) atoms. The van der Waals surface area contributed by atoms with Gasteiger partial charge in [-0.2, -0.15) is 0 Å². The molecule has 1 aromatic carbocycles. The van der Waals surface area contributed by atoms with Crippen LogP contribution in [0.3, 0.4) is 0 Å². The van der Waals surface area contributed by atoms with Gasteiger partial charge in [0.2, 0.25) is 0 Å². The van der Waals surface area contributed by atoms with E-state index in [1.54, 1.807) is 6.92 Å². The third-order valence-corrected chi connectivity index (χ3v) is 2.84. The minimum atomic E-state index is 0.111. The lowest BCUT2D eigenvalue weighted by Gasteiger charge is -2.18. The number of ketones is 1. The van der Waals surface area contributed by atoms with Crippen LogP contribution in [0.1, 0.15) is 12.6 Å². The zero-order valence-electron chi connectivity index (χ0n) is 10.1. The lowest BCUT2D eigenvalue weighted by molar-refractivity contribution is -0.116. The maximum Gasteiger partial charge on any atom is 0.163 e. The molecule has 4 heteroatoms. The van der Waals surface area contributed by atoms with Gasteiger partial charge in [0.15, 0.2) is 11.5 Å². The molecule has 0 saturated heterocycles. The van der Waals surface area contributed by atoms with Crippen LogP contribution in [0.5, 0.6) is 11.5 Å². The molecule has 4 nitrogen and oxygen atoms in total. The summed E-state index contributed by atoms with van der Waals surface area (Å²) in [5.74, 6) is 1.59. The standard InChI is InChI=1S/C14H13NO3/c1-9(16)6-11-3-2-10-7-13-14(8-12(10)15-11)18-5-4-17-13/h2-3,7-8H,4-6H2,1H3. The molecule has 92 valence electrons. The minimum Gasteiger partial charge on any atom is -0.486 e. The number of aromatic nitrogens is 1. The third-order valence-electron chi connectivity index (χ3n) is 2.84. The maximum atomic E-state index is 11.1. The van der Waals surface area contributed by atoms with E-state index in [0.717, 1.165) is 28.1 Å². The van der Waals surface area contributed by atoms with Crippen molar-refractivity contribution < 1.29 is 14.3 Å². The number of fused-ring (bicyclic) bond motifs is 2. The molecular weight excluding hydrogens is 230 g/mol. The first-order valence-corrected chi connectivity index (χ1v) is 5.91. The van der Waals surface area contributed by atoms with Crippen LogP contribution in [0.25, 0.3) is 10.9 Å². The van der Waals surface area contributed by atoms with Gasteiger partial charge in [0.1, 0.15) is 19.0 Å². The molecule has 3 rings (SSSR count). The van der Waals surface area contributed by atoms with E-state index < -0.39 is 0 Å². The Hall–Kier alpha value is -2.10. The second-order valence-corrected chi connectivity index (χ2v) is 4.37. The van der Waals surface area contributed by atoms with Crippen LogP contribution < -0.4 is 9.47 Å². The van der Waals surface area contributed by atoms with E-state index in [1.807, 2.05) is 24.3 Å². The Morgan fingerprint density at radius 3 is 2.67 bits per heavy atom. The lowest BCUT2D eigenvalue weighted by Crippen LogP contribution is -2.15. The first-order chi connectivity index (χ1) is 8.72. The molecule has 0 aliphatic carbocycles. The summed E-state index contributed by atoms with van der Waals surface area (Å²) < 4.78 is 11.0. The SMILES string of the molecule is CC(=O)Cc1ccc2cc3c(cc2n1)OCCO3. The zero-order chi connectivity index (χ0) is 12.5. The third kappa shape index (κ3) is 2.01. The van der Waals surface area contributed by atoms with Gasteiger partial charge in [-0.1, -0.05) is 6.07 Å². The molecule has 0 bridgehead atoms. The molecule has 2 aromatic rings. The first kappa shape index (κ1) is 11.0. The topological polar surface area (TPSA) is 48.4 Å². The minimum absolute atomic E-state index is 0.111. The molecule has 0 atom stereocenters. The van der Waals surface area contributed by atoms with Gasteiger partial charge in [-0.15, -0.1) is 0 Å². The van der Waals surface area contributed by atoms with Crippen molar-refractivity contribution in [2.75, 3.05) is 13.2 Å². The van der Waals surface area contributed by atoms with E-state index in [1.165, 1.54) is 0 Å². The smallest absolute Gasteiger partial charge is 0.163 e. The molecular formula is C14H13NO3. The van der Waals surface area contributed by atoms with Gasteiger partial charge in [-0.25, -0.2) is 0 Å². The van der Waals surface area contributed by atoms with E-state index in [0.29, 0.717) is 19.6 Å². The van der Waals surface area contributed by atoms with Gasteiger partial charge >= 0.3 is 0 Å². The van der Waals surface area contributed by atoms with Crippen molar-refractivity contribution in [3.8, 4) is 11.5 Å². The summed E-state index contributed by atoms with van der Waals surface area (Å²) in [4.78, 5) is 15.6. The molecule has 1 aliphatic heterocycles. The highest BCUT2D eigenvalue weighted by Gasteiger charge is 2.13. The van der Waals surface area contributed by atoms with Crippen molar-refractivity contribution in [2.45, 2.75) is 13.3 Å². The van der Waals surface area contributed by atoms with E-state index in [2.05, 4.69) is 4.98 Å². The van der Waals surface area contributed by atoms with Crippen molar-refractivity contribution in [1.29, 1.82) is 0 Å². The van der Waals surface area contributed by atoms with Crippen LogP contribution in [0.4, 0.5) is 0 Å². The van der Waals surface area contributed by atoms with Gasteiger partial charge in [0.05, 0.1) is 5.52 Å². The lowest BCUT2D eigenvalue weighted by atomic mass is 10.1. The fourth-order valence-corrected chi connectivity index (χ4v) is 2.06. The molecule has 2 heterocycles. The Balaban J connectivity index is 2.07. The van der Waals surface area contributed by atoms with Gasteiger partial charge in [-0.3, -0.25) is 9.78 Å². The highest BCUT2D eigenvalue weighted by molar-refractivity contribution is 5.84. The van der Waals surface area contributed by atoms with E-state index in [4.69, 9.17) is 9.47 Å². The first-order valence-electron chi connectivity index (χ1n) is 5.91. The molecule has 0 unspecified atom stereocenters. The average Bonchev–Trinajstić information content (AvgIpc) is 2.35. The largest absolute Gasteiger partial charge is 0.486 e. The fraction of sp³-hybridized carbons (Fsp3) is 0.286. The number of pyridine rings is 1. The summed E-state index contributed by atoms with van der Waals surface area (Å²) >= 11 is 0. The van der Waals surface area contributed by atoms with Crippen LogP contribution in [0.2, 0.25) is 0 Å². The number of rotatable bonds is 2. The number of hydrogen-bond donors (Lipinski definition) is 0. The quantitative estimate of drug-likeness (QED) is 0.810. The number of carbonyl (C=O) groups is 1. The molecule has 0 N–H and O–H groups in total. The summed E-state index contributed by atoms with van der Waals surface area (Å²) in [5, 5.41) is 0.992.